The number of nitrogens with zero attached hydrogens (tertiary/aromatic N) is 3. The van der Waals surface area contributed by atoms with Gasteiger partial charge in [-0.2, -0.15) is 5.10 Å². The zero-order valence-corrected chi connectivity index (χ0v) is 8.20. The van der Waals surface area contributed by atoms with E-state index < -0.39 is 0 Å². The highest BCUT2D eigenvalue weighted by Crippen LogP contribution is 2.27. The largest absolute Gasteiger partial charge is 0.352 e. The lowest BCUT2D eigenvalue weighted by Crippen LogP contribution is -2.46. The Balaban J connectivity index is 2.27. The second-order valence-corrected chi connectivity index (χ2v) is 3.69. The zero-order chi connectivity index (χ0) is 9.42. The molecule has 0 aromatic carbocycles. The van der Waals surface area contributed by atoms with Crippen LogP contribution in [0.15, 0.2) is 6.20 Å². The van der Waals surface area contributed by atoms with Crippen molar-refractivity contribution in [2.75, 3.05) is 11.4 Å². The molecule has 1 unspecified atom stereocenters. The van der Waals surface area contributed by atoms with Crippen LogP contribution in [0.5, 0.6) is 0 Å². The van der Waals surface area contributed by atoms with Crippen molar-refractivity contribution in [2.24, 2.45) is 12.8 Å². The first-order chi connectivity index (χ1) is 6.22. The molecule has 0 aliphatic carbocycles. The molecule has 13 heavy (non-hydrogen) atoms. The van der Waals surface area contributed by atoms with Crippen LogP contribution in [0.25, 0.3) is 0 Å². The van der Waals surface area contributed by atoms with Gasteiger partial charge in [0.2, 0.25) is 0 Å². The minimum Gasteiger partial charge on any atom is -0.352 e. The van der Waals surface area contributed by atoms with Gasteiger partial charge in [0, 0.05) is 37.9 Å². The lowest BCUT2D eigenvalue weighted by molar-refractivity contribution is 0.472. The van der Waals surface area contributed by atoms with Gasteiger partial charge in [-0.05, 0) is 13.3 Å². The van der Waals surface area contributed by atoms with Crippen LogP contribution in [-0.4, -0.2) is 22.4 Å². The maximum Gasteiger partial charge on any atom is 0.155 e. The minimum absolute atomic E-state index is 0.576. The van der Waals surface area contributed by atoms with Crippen LogP contribution in [0.2, 0.25) is 0 Å². The molecule has 1 aliphatic rings. The summed E-state index contributed by atoms with van der Waals surface area (Å²) in [5.74, 6) is 1.07. The van der Waals surface area contributed by atoms with Crippen molar-refractivity contribution in [1.82, 2.24) is 9.78 Å². The highest BCUT2D eigenvalue weighted by molar-refractivity contribution is 5.49. The highest BCUT2D eigenvalue weighted by Gasteiger charge is 2.27. The van der Waals surface area contributed by atoms with Crippen molar-refractivity contribution in [2.45, 2.75) is 25.9 Å². The quantitative estimate of drug-likeness (QED) is 0.720. The fourth-order valence-corrected chi connectivity index (χ4v) is 1.74. The molecule has 2 N–H and O–H groups in total. The molecule has 0 amide bonds. The summed E-state index contributed by atoms with van der Waals surface area (Å²) in [6.45, 7) is 3.91. The van der Waals surface area contributed by atoms with Crippen LogP contribution >= 0.6 is 0 Å². The van der Waals surface area contributed by atoms with Crippen molar-refractivity contribution < 1.29 is 0 Å². The second kappa shape index (κ2) is 3.03. The first-order valence-electron chi connectivity index (χ1n) is 4.71. The van der Waals surface area contributed by atoms with E-state index in [1.165, 1.54) is 6.42 Å². The summed E-state index contributed by atoms with van der Waals surface area (Å²) < 4.78 is 1.84. The molecule has 0 bridgehead atoms. The van der Waals surface area contributed by atoms with E-state index in [-0.39, 0.29) is 0 Å². The van der Waals surface area contributed by atoms with E-state index >= 15 is 0 Å². The molecule has 0 radical (unpaired) electrons. The Morgan fingerprint density at radius 2 is 2.46 bits per heavy atom. The van der Waals surface area contributed by atoms with E-state index in [0.717, 1.165) is 17.9 Å². The lowest BCUT2D eigenvalue weighted by atomic mass is 10.1. The summed E-state index contributed by atoms with van der Waals surface area (Å²) in [7, 11) is 1.94. The van der Waals surface area contributed by atoms with Crippen LogP contribution in [0.1, 0.15) is 18.9 Å². The average Bonchev–Trinajstić information content (AvgIpc) is 2.44. The maximum absolute atomic E-state index is 5.65. The molecule has 1 atom stereocenters. The van der Waals surface area contributed by atoms with Gasteiger partial charge in [-0.15, -0.1) is 0 Å². The van der Waals surface area contributed by atoms with E-state index in [2.05, 4.69) is 16.9 Å². The van der Waals surface area contributed by atoms with Crippen LogP contribution in [0.4, 0.5) is 5.82 Å². The molecule has 1 aromatic rings. The molecule has 72 valence electrons. The first kappa shape index (κ1) is 8.56. The van der Waals surface area contributed by atoms with Crippen LogP contribution in [0.3, 0.4) is 0 Å². The van der Waals surface area contributed by atoms with Crippen LogP contribution in [-0.2, 0) is 13.6 Å². The molecule has 2 heterocycles. The van der Waals surface area contributed by atoms with Gasteiger partial charge in [0.05, 0.1) is 0 Å². The SMILES string of the molecule is CC1CCN1c1nn(C)cc1CN. The molecule has 1 aromatic heterocycles. The number of anilines is 1. The van der Waals surface area contributed by atoms with Gasteiger partial charge in [0.1, 0.15) is 0 Å². The predicted molar refractivity (Wildman–Crippen MR) is 52.5 cm³/mol. The van der Waals surface area contributed by atoms with Crippen LogP contribution < -0.4 is 10.6 Å². The average molecular weight is 180 g/mol. The number of rotatable bonds is 2. The van der Waals surface area contributed by atoms with Crippen molar-refractivity contribution in [1.29, 1.82) is 0 Å². The van der Waals surface area contributed by atoms with Gasteiger partial charge < -0.3 is 10.6 Å². The maximum atomic E-state index is 5.65. The van der Waals surface area contributed by atoms with E-state index in [0.29, 0.717) is 12.6 Å². The molecular formula is C9H16N4. The fourth-order valence-electron chi connectivity index (χ4n) is 1.74. The summed E-state index contributed by atoms with van der Waals surface area (Å²) in [6, 6.07) is 0.625. The molecule has 0 spiro atoms. The normalized spacial score (nSPS) is 21.8. The van der Waals surface area contributed by atoms with Crippen molar-refractivity contribution in [3.05, 3.63) is 11.8 Å². The number of hydrogen-bond acceptors (Lipinski definition) is 3. The number of nitrogens with two attached hydrogens (primary N) is 1. The minimum atomic E-state index is 0.576. The monoisotopic (exact) mass is 180 g/mol. The topological polar surface area (TPSA) is 47.1 Å². The van der Waals surface area contributed by atoms with Crippen molar-refractivity contribution in [3.8, 4) is 0 Å². The Kier molecular flexibility index (Phi) is 2.00. The van der Waals surface area contributed by atoms with Gasteiger partial charge in [-0.25, -0.2) is 0 Å². The molecular weight excluding hydrogens is 164 g/mol. The molecule has 4 nitrogen and oxygen atoms in total. The molecule has 1 saturated heterocycles. The predicted octanol–water partition coefficient (Wildman–Crippen LogP) is 0.477. The van der Waals surface area contributed by atoms with Gasteiger partial charge >= 0.3 is 0 Å². The van der Waals surface area contributed by atoms with E-state index in [1.807, 2.05) is 17.9 Å². The Labute approximate surface area is 78.3 Å². The smallest absolute Gasteiger partial charge is 0.155 e. The Morgan fingerprint density at radius 1 is 1.69 bits per heavy atom. The Bertz CT molecular complexity index is 305. The molecule has 2 rings (SSSR count). The van der Waals surface area contributed by atoms with Crippen molar-refractivity contribution >= 4 is 5.82 Å². The van der Waals surface area contributed by atoms with Crippen LogP contribution in [0, 0.1) is 0 Å². The standard InChI is InChI=1S/C9H16N4/c1-7-3-4-13(7)9-8(5-10)6-12(2)11-9/h6-7H,3-5,10H2,1-2H3. The lowest BCUT2D eigenvalue weighted by Gasteiger charge is -2.39. The van der Waals surface area contributed by atoms with Gasteiger partial charge in [0.15, 0.2) is 5.82 Å². The molecule has 1 fully saturated rings. The summed E-state index contributed by atoms with van der Waals surface area (Å²) in [4.78, 5) is 2.31. The van der Waals surface area contributed by atoms with E-state index in [1.54, 1.807) is 0 Å². The van der Waals surface area contributed by atoms with Gasteiger partial charge in [0.25, 0.3) is 0 Å². The third-order valence-electron chi connectivity index (χ3n) is 2.69. The Morgan fingerprint density at radius 3 is 2.92 bits per heavy atom. The van der Waals surface area contributed by atoms with E-state index in [9.17, 15) is 0 Å². The second-order valence-electron chi connectivity index (χ2n) is 3.69. The van der Waals surface area contributed by atoms with E-state index in [4.69, 9.17) is 5.73 Å². The zero-order valence-electron chi connectivity index (χ0n) is 8.20. The summed E-state index contributed by atoms with van der Waals surface area (Å²) in [5, 5.41) is 4.42. The summed E-state index contributed by atoms with van der Waals surface area (Å²) in [6.07, 6.45) is 3.26. The molecule has 0 saturated carbocycles. The Hall–Kier alpha value is -1.03. The molecule has 1 aliphatic heterocycles. The summed E-state index contributed by atoms with van der Waals surface area (Å²) >= 11 is 0. The van der Waals surface area contributed by atoms with Gasteiger partial charge in [-0.3, -0.25) is 4.68 Å². The first-order valence-corrected chi connectivity index (χ1v) is 4.71. The van der Waals surface area contributed by atoms with Crippen molar-refractivity contribution in [3.63, 3.8) is 0 Å². The fraction of sp³-hybridized carbons (Fsp3) is 0.667. The third-order valence-corrected chi connectivity index (χ3v) is 2.69. The third kappa shape index (κ3) is 1.31. The molecule has 4 heteroatoms. The number of hydrogen-bond donors (Lipinski definition) is 1. The van der Waals surface area contributed by atoms with Gasteiger partial charge in [-0.1, -0.05) is 0 Å². The number of aromatic nitrogens is 2. The highest BCUT2D eigenvalue weighted by atomic mass is 15.4. The number of aryl methyl sites for hydroxylation is 1. The summed E-state index contributed by atoms with van der Waals surface area (Å²) in [5.41, 5.74) is 6.79.